The summed E-state index contributed by atoms with van der Waals surface area (Å²) in [5.41, 5.74) is 1.10. The Kier molecular flexibility index (Phi) is 7.35. The van der Waals surface area contributed by atoms with Crippen molar-refractivity contribution in [3.05, 3.63) is 68.8 Å². The number of halogens is 2. The highest BCUT2D eigenvalue weighted by atomic mass is 35.5. The number of hydrogen-bond donors (Lipinski definition) is 1. The number of rotatable bonds is 6. The van der Waals surface area contributed by atoms with E-state index in [2.05, 4.69) is 30.6 Å². The first-order valence-corrected chi connectivity index (χ1v) is 14.6. The summed E-state index contributed by atoms with van der Waals surface area (Å²) in [6.45, 7) is 8.80. The maximum absolute atomic E-state index is 14.1. The van der Waals surface area contributed by atoms with Crippen LogP contribution in [0.15, 0.2) is 63.2 Å². The molecule has 0 spiro atoms. The van der Waals surface area contributed by atoms with Crippen molar-refractivity contribution >= 4 is 52.0 Å². The number of amides is 1. The number of likely N-dealkylation sites (tertiary alicyclic amines) is 1. The first-order chi connectivity index (χ1) is 18.1. The van der Waals surface area contributed by atoms with E-state index in [0.29, 0.717) is 40.9 Å². The Labute approximate surface area is 237 Å². The number of aliphatic imine (C=N–C) groups is 1. The van der Waals surface area contributed by atoms with Crippen LogP contribution in [0.25, 0.3) is 0 Å². The summed E-state index contributed by atoms with van der Waals surface area (Å²) in [4.78, 5) is 37.8. The highest BCUT2D eigenvalue weighted by Gasteiger charge is 2.56. The molecule has 1 amide bonds. The van der Waals surface area contributed by atoms with Gasteiger partial charge in [0.05, 0.1) is 0 Å². The average molecular weight is 576 g/mol. The number of benzene rings is 1. The minimum atomic E-state index is -0.951. The van der Waals surface area contributed by atoms with Gasteiger partial charge in [0.15, 0.2) is 10.8 Å². The number of fused-ring (bicyclic) bond motifs is 1. The van der Waals surface area contributed by atoms with Gasteiger partial charge in [-0.1, -0.05) is 68.3 Å². The van der Waals surface area contributed by atoms with Gasteiger partial charge in [-0.15, -0.1) is 0 Å². The van der Waals surface area contributed by atoms with E-state index in [0.717, 1.165) is 16.4 Å². The topological polar surface area (TPSA) is 76.5 Å². The first kappa shape index (κ1) is 27.2. The molecule has 4 aliphatic rings. The van der Waals surface area contributed by atoms with Gasteiger partial charge in [0.1, 0.15) is 22.1 Å². The summed E-state index contributed by atoms with van der Waals surface area (Å²) in [5, 5.41) is 11.8. The predicted octanol–water partition coefficient (Wildman–Crippen LogP) is 6.19. The zero-order valence-electron chi connectivity index (χ0n) is 21.9. The third-order valence-electron chi connectivity index (χ3n) is 7.87. The summed E-state index contributed by atoms with van der Waals surface area (Å²) < 4.78 is 0. The van der Waals surface area contributed by atoms with Gasteiger partial charge in [0.2, 0.25) is 0 Å². The molecule has 202 valence electrons. The summed E-state index contributed by atoms with van der Waals surface area (Å²) in [6.07, 6.45) is 7.73. The molecule has 0 bridgehead atoms. The number of carboxylic acid groups (broad SMARTS) is 1. The Morgan fingerprint density at radius 3 is 2.53 bits per heavy atom. The minimum absolute atomic E-state index is 0.00970. The minimum Gasteiger partial charge on any atom is -0.480 e. The Bertz CT molecular complexity index is 1280. The molecule has 0 aromatic heterocycles. The van der Waals surface area contributed by atoms with E-state index in [-0.39, 0.29) is 23.9 Å². The molecule has 1 aromatic carbocycles. The van der Waals surface area contributed by atoms with E-state index in [1.54, 1.807) is 4.90 Å². The fourth-order valence-corrected chi connectivity index (χ4v) is 7.87. The maximum atomic E-state index is 14.1. The number of carbonyl (C=O) groups excluding carboxylic acids is 1. The van der Waals surface area contributed by atoms with Crippen LogP contribution in [0.4, 0.5) is 0 Å². The van der Waals surface area contributed by atoms with E-state index in [1.807, 2.05) is 49.4 Å². The molecular weight excluding hydrogens is 543 g/mol. The quantitative estimate of drug-likeness (QED) is 0.408. The van der Waals surface area contributed by atoms with Crippen LogP contribution >= 0.6 is 35.0 Å². The lowest BCUT2D eigenvalue weighted by Crippen LogP contribution is -2.50. The molecule has 1 saturated heterocycles. The molecule has 10 heteroatoms. The van der Waals surface area contributed by atoms with Gasteiger partial charge in [-0.05, 0) is 67.6 Å². The zero-order chi connectivity index (χ0) is 27.4. The van der Waals surface area contributed by atoms with Crippen LogP contribution in [-0.4, -0.2) is 61.1 Å². The second kappa shape index (κ2) is 10.3. The Morgan fingerprint density at radius 1 is 1.21 bits per heavy atom. The van der Waals surface area contributed by atoms with E-state index in [9.17, 15) is 14.7 Å². The SMILES string of the molecule is CC[C@@H]1CC[C@@H](C(=O)O)N1C(=O)C1=C(C(C)C)N2C(=NC(C)(N3CC=CC=C3Cl)C2c2ccc(Cl)cc2)S1. The van der Waals surface area contributed by atoms with Crippen molar-refractivity contribution in [1.82, 2.24) is 14.7 Å². The molecule has 4 atom stereocenters. The summed E-state index contributed by atoms with van der Waals surface area (Å²) in [5.74, 6) is -1.18. The lowest BCUT2D eigenvalue weighted by atomic mass is 9.91. The fourth-order valence-electron chi connectivity index (χ4n) is 6.08. The summed E-state index contributed by atoms with van der Waals surface area (Å²) in [7, 11) is 0. The number of carboxylic acids is 1. The first-order valence-electron chi connectivity index (χ1n) is 13.0. The Balaban J connectivity index is 1.62. The van der Waals surface area contributed by atoms with Crippen molar-refractivity contribution in [3.8, 4) is 0 Å². The smallest absolute Gasteiger partial charge is 0.326 e. The molecule has 38 heavy (non-hydrogen) atoms. The highest BCUT2D eigenvalue weighted by Crippen LogP contribution is 2.55. The van der Waals surface area contributed by atoms with Crippen LogP contribution in [0.3, 0.4) is 0 Å². The largest absolute Gasteiger partial charge is 0.480 e. The van der Waals surface area contributed by atoms with Crippen LogP contribution in [0.5, 0.6) is 0 Å². The molecule has 7 nitrogen and oxygen atoms in total. The summed E-state index contributed by atoms with van der Waals surface area (Å²) in [6, 6.07) is 6.54. The van der Waals surface area contributed by atoms with Gasteiger partial charge in [-0.3, -0.25) is 4.79 Å². The number of hydrogen-bond acceptors (Lipinski definition) is 6. The van der Waals surface area contributed by atoms with Crippen LogP contribution < -0.4 is 0 Å². The van der Waals surface area contributed by atoms with Crippen LogP contribution in [-0.2, 0) is 9.59 Å². The number of allylic oxidation sites excluding steroid dienone is 3. The molecule has 0 radical (unpaired) electrons. The lowest BCUT2D eigenvalue weighted by molar-refractivity contribution is -0.148. The average Bonchev–Trinajstić information content (AvgIpc) is 3.54. The van der Waals surface area contributed by atoms with Gasteiger partial charge >= 0.3 is 5.97 Å². The molecule has 1 N–H and O–H groups in total. The van der Waals surface area contributed by atoms with E-state index in [4.69, 9.17) is 28.2 Å². The van der Waals surface area contributed by atoms with Gasteiger partial charge < -0.3 is 19.8 Å². The van der Waals surface area contributed by atoms with Crippen molar-refractivity contribution < 1.29 is 14.7 Å². The van der Waals surface area contributed by atoms with Crippen LogP contribution in [0.1, 0.15) is 58.6 Å². The molecule has 0 aliphatic carbocycles. The van der Waals surface area contributed by atoms with E-state index in [1.165, 1.54) is 11.8 Å². The van der Waals surface area contributed by atoms with Gasteiger partial charge in [0, 0.05) is 23.3 Å². The lowest BCUT2D eigenvalue weighted by Gasteiger charge is -2.44. The molecule has 4 heterocycles. The number of amidine groups is 1. The van der Waals surface area contributed by atoms with Crippen molar-refractivity contribution in [2.75, 3.05) is 6.54 Å². The standard InChI is InChI=1S/C28H32Cl2N4O3S/c1-5-19-13-14-20(26(36)37)33(19)25(35)23-22(16(2)3)34-24(17-9-11-18(29)12-10-17)28(4,31-27(34)38-23)32-15-7-6-8-21(32)30/h6-12,16,19-20,24H,5,13-15H2,1-4H3,(H,36,37)/t19-,20+,24?,28?/m1/s1. The van der Waals surface area contributed by atoms with E-state index >= 15 is 0 Å². The number of carbonyl (C=O) groups is 2. The molecular formula is C28H32Cl2N4O3S. The fraction of sp³-hybridized carbons (Fsp3) is 0.464. The molecule has 0 saturated carbocycles. The monoisotopic (exact) mass is 574 g/mol. The summed E-state index contributed by atoms with van der Waals surface area (Å²) >= 11 is 14.3. The number of aliphatic carboxylic acids is 1. The van der Waals surface area contributed by atoms with Gasteiger partial charge in [-0.2, -0.15) is 0 Å². The van der Waals surface area contributed by atoms with Crippen molar-refractivity contribution in [2.45, 2.75) is 70.7 Å². The zero-order valence-corrected chi connectivity index (χ0v) is 24.2. The second-order valence-electron chi connectivity index (χ2n) is 10.5. The van der Waals surface area contributed by atoms with Crippen molar-refractivity contribution in [3.63, 3.8) is 0 Å². The molecule has 2 unspecified atom stereocenters. The normalized spacial score (nSPS) is 28.8. The van der Waals surface area contributed by atoms with Gasteiger partial charge in [-0.25, -0.2) is 9.79 Å². The third-order valence-corrected chi connectivity index (χ3v) is 9.51. The van der Waals surface area contributed by atoms with E-state index < -0.39 is 17.7 Å². The van der Waals surface area contributed by atoms with Crippen molar-refractivity contribution in [2.24, 2.45) is 10.9 Å². The van der Waals surface area contributed by atoms with Gasteiger partial charge in [0.25, 0.3) is 5.91 Å². The molecule has 1 aromatic rings. The van der Waals surface area contributed by atoms with Crippen LogP contribution in [0.2, 0.25) is 5.02 Å². The molecule has 1 fully saturated rings. The Morgan fingerprint density at radius 2 is 1.92 bits per heavy atom. The van der Waals surface area contributed by atoms with Crippen LogP contribution in [0, 0.1) is 5.92 Å². The maximum Gasteiger partial charge on any atom is 0.326 e. The van der Waals surface area contributed by atoms with Crippen molar-refractivity contribution in [1.29, 1.82) is 0 Å². The number of thioether (sulfide) groups is 1. The number of nitrogens with zero attached hydrogens (tertiary/aromatic N) is 4. The predicted molar refractivity (Wildman–Crippen MR) is 153 cm³/mol. The molecule has 5 rings (SSSR count). The second-order valence-corrected chi connectivity index (χ2v) is 12.3. The Hall–Kier alpha value is -2.42. The third kappa shape index (κ3) is 4.34. The highest BCUT2D eigenvalue weighted by molar-refractivity contribution is 8.18. The molecule has 4 aliphatic heterocycles.